The van der Waals surface area contributed by atoms with Crippen LogP contribution in [0.4, 0.5) is 0 Å². The highest BCUT2D eigenvalue weighted by Crippen LogP contribution is 2.38. The SMILES string of the molecule is CCCCCCC/C=C\C/C=C\CCCCCCCCCCCCCCCC(=O)OC(COCCCCCCCC/C=C\CCCCCCCC)COP(=O)([O-])OCC[N+](C)(C)C. The van der Waals surface area contributed by atoms with Crippen LogP contribution in [0.2, 0.25) is 0 Å². The molecule has 9 heteroatoms. The maximum Gasteiger partial charge on any atom is 0.306 e. The van der Waals surface area contributed by atoms with Crippen molar-refractivity contribution in [1.82, 2.24) is 0 Å². The number of ether oxygens (including phenoxy) is 2. The van der Waals surface area contributed by atoms with Gasteiger partial charge < -0.3 is 27.9 Å². The van der Waals surface area contributed by atoms with Gasteiger partial charge in [0.2, 0.25) is 0 Å². The van der Waals surface area contributed by atoms with Crippen LogP contribution in [0.3, 0.4) is 0 Å². The third-order valence-electron chi connectivity index (χ3n) is 11.7. The molecular formula is C54H104NO7P. The Morgan fingerprint density at radius 2 is 0.873 bits per heavy atom. The molecule has 0 aromatic rings. The molecule has 0 radical (unpaired) electrons. The van der Waals surface area contributed by atoms with Gasteiger partial charge in [-0.25, -0.2) is 0 Å². The summed E-state index contributed by atoms with van der Waals surface area (Å²) in [5.41, 5.74) is 0. The summed E-state index contributed by atoms with van der Waals surface area (Å²) in [4.78, 5) is 25.2. The second-order valence-corrected chi connectivity index (χ2v) is 20.6. The van der Waals surface area contributed by atoms with Gasteiger partial charge in [0.1, 0.15) is 19.3 Å². The van der Waals surface area contributed by atoms with Gasteiger partial charge in [-0.2, -0.15) is 0 Å². The van der Waals surface area contributed by atoms with Gasteiger partial charge in [-0.3, -0.25) is 9.36 Å². The molecule has 0 saturated carbocycles. The molecule has 372 valence electrons. The fourth-order valence-corrected chi connectivity index (χ4v) is 8.24. The third kappa shape index (κ3) is 51.6. The molecule has 0 aromatic carbocycles. The number of hydrogen-bond acceptors (Lipinski definition) is 7. The van der Waals surface area contributed by atoms with Gasteiger partial charge in [-0.05, 0) is 70.6 Å². The quantitative estimate of drug-likeness (QED) is 0.0197. The summed E-state index contributed by atoms with van der Waals surface area (Å²) in [5.74, 6) is -0.334. The van der Waals surface area contributed by atoms with Crippen LogP contribution in [0.25, 0.3) is 0 Å². The van der Waals surface area contributed by atoms with Crippen molar-refractivity contribution >= 4 is 13.8 Å². The highest BCUT2D eigenvalue weighted by Gasteiger charge is 2.20. The molecule has 2 unspecified atom stereocenters. The first-order valence-electron chi connectivity index (χ1n) is 26.7. The molecule has 0 aliphatic rings. The number of phosphoric ester groups is 1. The number of rotatable bonds is 50. The molecule has 0 heterocycles. The predicted molar refractivity (Wildman–Crippen MR) is 268 cm³/mol. The standard InChI is InChI=1S/C54H104NO7P/c1-6-8-10-12-14-16-18-20-22-24-25-26-27-28-29-30-31-32-33-35-37-39-41-43-45-47-54(56)62-53(52-61-63(57,58)60-50-48-55(3,4)5)51-59-49-46-44-42-40-38-36-34-23-21-19-17-15-13-11-9-7-2/h18,20-21,23-25,53H,6-17,19,22,26-52H2,1-5H3/b20-18-,23-21-,25-24-. The van der Waals surface area contributed by atoms with E-state index in [0.717, 1.165) is 38.5 Å². The van der Waals surface area contributed by atoms with Gasteiger partial charge in [0.05, 0.1) is 34.4 Å². The van der Waals surface area contributed by atoms with E-state index in [-0.39, 0.29) is 25.8 Å². The molecule has 0 aliphatic heterocycles. The van der Waals surface area contributed by atoms with Crippen LogP contribution >= 0.6 is 7.82 Å². The van der Waals surface area contributed by atoms with Gasteiger partial charge in [0.15, 0.2) is 0 Å². The largest absolute Gasteiger partial charge is 0.756 e. The van der Waals surface area contributed by atoms with Crippen LogP contribution in [0.5, 0.6) is 0 Å². The minimum atomic E-state index is -4.53. The topological polar surface area (TPSA) is 94.1 Å². The van der Waals surface area contributed by atoms with Gasteiger partial charge in [-0.15, -0.1) is 0 Å². The molecule has 0 amide bonds. The maximum atomic E-state index is 12.8. The third-order valence-corrected chi connectivity index (χ3v) is 12.6. The van der Waals surface area contributed by atoms with Gasteiger partial charge >= 0.3 is 5.97 Å². The van der Waals surface area contributed by atoms with E-state index in [0.29, 0.717) is 24.1 Å². The van der Waals surface area contributed by atoms with E-state index in [9.17, 15) is 14.3 Å². The highest BCUT2D eigenvalue weighted by atomic mass is 31.2. The van der Waals surface area contributed by atoms with E-state index in [1.165, 1.54) is 186 Å². The average molecular weight is 910 g/mol. The van der Waals surface area contributed by atoms with Crippen LogP contribution in [-0.4, -0.2) is 70.7 Å². The molecule has 63 heavy (non-hydrogen) atoms. The van der Waals surface area contributed by atoms with Crippen molar-refractivity contribution in [3.05, 3.63) is 36.5 Å². The normalized spacial score (nSPS) is 13.8. The summed E-state index contributed by atoms with van der Waals surface area (Å²) in [6.07, 6.45) is 57.4. The van der Waals surface area contributed by atoms with Crippen molar-refractivity contribution in [1.29, 1.82) is 0 Å². The Hall–Kier alpha value is -1.28. The molecule has 0 N–H and O–H groups in total. The number of allylic oxidation sites excluding steroid dienone is 6. The fourth-order valence-electron chi connectivity index (χ4n) is 7.51. The lowest BCUT2D eigenvalue weighted by atomic mass is 10.0. The maximum absolute atomic E-state index is 12.8. The fraction of sp³-hybridized carbons (Fsp3) is 0.870. The molecule has 0 aromatic heterocycles. The van der Waals surface area contributed by atoms with Crippen molar-refractivity contribution in [2.45, 2.75) is 251 Å². The molecule has 0 bridgehead atoms. The Bertz CT molecular complexity index is 1100. The lowest BCUT2D eigenvalue weighted by Gasteiger charge is -2.28. The number of phosphoric acid groups is 1. The van der Waals surface area contributed by atoms with Crippen LogP contribution in [0.15, 0.2) is 36.5 Å². The second-order valence-electron chi connectivity index (χ2n) is 19.2. The summed E-state index contributed by atoms with van der Waals surface area (Å²) in [5, 5.41) is 0. The Labute approximate surface area is 391 Å². The van der Waals surface area contributed by atoms with Crippen LogP contribution in [0, 0.1) is 0 Å². The molecule has 0 saturated heterocycles. The molecule has 8 nitrogen and oxygen atoms in total. The van der Waals surface area contributed by atoms with Crippen molar-refractivity contribution in [2.75, 3.05) is 54.1 Å². The van der Waals surface area contributed by atoms with Crippen molar-refractivity contribution < 1.29 is 37.3 Å². The molecule has 0 rings (SSSR count). The van der Waals surface area contributed by atoms with Crippen molar-refractivity contribution in [3.8, 4) is 0 Å². The number of carbonyl (C=O) groups is 1. The van der Waals surface area contributed by atoms with E-state index in [1.54, 1.807) is 0 Å². The summed E-state index contributed by atoms with van der Waals surface area (Å²) in [7, 11) is 1.36. The monoisotopic (exact) mass is 910 g/mol. The lowest BCUT2D eigenvalue weighted by molar-refractivity contribution is -0.870. The van der Waals surface area contributed by atoms with Gasteiger partial charge in [0.25, 0.3) is 7.82 Å². The molecular weight excluding hydrogens is 806 g/mol. The summed E-state index contributed by atoms with van der Waals surface area (Å²) in [6, 6.07) is 0. The number of quaternary nitrogens is 1. The Balaban J connectivity index is 4.08. The first-order valence-corrected chi connectivity index (χ1v) is 28.2. The minimum absolute atomic E-state index is 0.0256. The lowest BCUT2D eigenvalue weighted by Crippen LogP contribution is -2.37. The van der Waals surface area contributed by atoms with Crippen LogP contribution in [0.1, 0.15) is 245 Å². The number of hydrogen-bond donors (Lipinski definition) is 0. The van der Waals surface area contributed by atoms with E-state index < -0.39 is 13.9 Å². The Kier molecular flexibility index (Phi) is 46.3. The van der Waals surface area contributed by atoms with E-state index in [2.05, 4.69) is 50.3 Å². The van der Waals surface area contributed by atoms with Crippen LogP contribution < -0.4 is 4.89 Å². The molecule has 0 spiro atoms. The zero-order valence-electron chi connectivity index (χ0n) is 42.3. The van der Waals surface area contributed by atoms with Crippen LogP contribution in [-0.2, 0) is 27.9 Å². The molecule has 2 atom stereocenters. The number of unbranched alkanes of at least 4 members (excludes halogenated alkanes) is 30. The smallest absolute Gasteiger partial charge is 0.306 e. The van der Waals surface area contributed by atoms with Crippen molar-refractivity contribution in [3.63, 3.8) is 0 Å². The Morgan fingerprint density at radius 3 is 1.30 bits per heavy atom. The number of nitrogens with zero attached hydrogens (tertiary/aromatic N) is 1. The first-order chi connectivity index (χ1) is 30.6. The van der Waals surface area contributed by atoms with E-state index in [4.69, 9.17) is 18.5 Å². The highest BCUT2D eigenvalue weighted by molar-refractivity contribution is 7.45. The molecule has 0 aliphatic carbocycles. The Morgan fingerprint density at radius 1 is 0.492 bits per heavy atom. The average Bonchev–Trinajstić information content (AvgIpc) is 3.24. The summed E-state index contributed by atoms with van der Waals surface area (Å²) >= 11 is 0. The predicted octanol–water partition coefficient (Wildman–Crippen LogP) is 15.9. The number of carbonyl (C=O) groups excluding carboxylic acids is 1. The number of esters is 1. The van der Waals surface area contributed by atoms with E-state index >= 15 is 0 Å². The summed E-state index contributed by atoms with van der Waals surface area (Å²) in [6.45, 7) is 5.42. The molecule has 0 fully saturated rings. The zero-order chi connectivity index (χ0) is 46.2. The van der Waals surface area contributed by atoms with Gasteiger partial charge in [0, 0.05) is 13.0 Å². The first kappa shape index (κ1) is 61.7. The second kappa shape index (κ2) is 47.2. The summed E-state index contributed by atoms with van der Waals surface area (Å²) < 4.78 is 34.8. The minimum Gasteiger partial charge on any atom is -0.756 e. The zero-order valence-corrected chi connectivity index (χ0v) is 43.2. The van der Waals surface area contributed by atoms with Crippen molar-refractivity contribution in [2.24, 2.45) is 0 Å². The van der Waals surface area contributed by atoms with Gasteiger partial charge in [-0.1, -0.05) is 204 Å². The van der Waals surface area contributed by atoms with E-state index in [1.807, 2.05) is 21.1 Å². The number of likely N-dealkylation sites (N-methyl/N-ethyl adjacent to an activating group) is 1.